The SMILES string of the molecule is O=c1[nH]c2cc(CC(F)(F)F)ccc2n1-c1cc(Cl)ccc1O. The Balaban J connectivity index is 2.18. The number of H-pyrrole nitrogens is 1. The number of nitrogens with one attached hydrogen (secondary N) is 1. The van der Waals surface area contributed by atoms with Crippen molar-refractivity contribution >= 4 is 22.6 Å². The summed E-state index contributed by atoms with van der Waals surface area (Å²) in [5.74, 6) is -0.170. The minimum absolute atomic E-state index is 0.0358. The van der Waals surface area contributed by atoms with Crippen LogP contribution in [0.5, 0.6) is 5.75 Å². The largest absolute Gasteiger partial charge is 0.506 e. The Morgan fingerprint density at radius 3 is 2.61 bits per heavy atom. The van der Waals surface area contributed by atoms with Gasteiger partial charge in [0.2, 0.25) is 0 Å². The first-order chi connectivity index (χ1) is 10.7. The Kier molecular flexibility index (Phi) is 3.60. The van der Waals surface area contributed by atoms with Gasteiger partial charge in [-0.2, -0.15) is 13.2 Å². The molecule has 23 heavy (non-hydrogen) atoms. The second-order valence-electron chi connectivity index (χ2n) is 5.04. The van der Waals surface area contributed by atoms with Gasteiger partial charge in [-0.15, -0.1) is 0 Å². The van der Waals surface area contributed by atoms with Crippen molar-refractivity contribution in [2.24, 2.45) is 0 Å². The van der Waals surface area contributed by atoms with E-state index in [9.17, 15) is 23.1 Å². The van der Waals surface area contributed by atoms with E-state index in [-0.39, 0.29) is 22.5 Å². The van der Waals surface area contributed by atoms with Gasteiger partial charge in [-0.3, -0.25) is 4.57 Å². The minimum Gasteiger partial charge on any atom is -0.506 e. The van der Waals surface area contributed by atoms with E-state index >= 15 is 0 Å². The lowest BCUT2D eigenvalue weighted by Crippen LogP contribution is -2.14. The molecule has 3 rings (SSSR count). The molecule has 0 fully saturated rings. The number of phenols is 1. The van der Waals surface area contributed by atoms with Gasteiger partial charge in [-0.1, -0.05) is 17.7 Å². The number of hydrogen-bond acceptors (Lipinski definition) is 2. The highest BCUT2D eigenvalue weighted by atomic mass is 35.5. The van der Waals surface area contributed by atoms with Crippen LogP contribution in [0, 0.1) is 0 Å². The van der Waals surface area contributed by atoms with Crippen molar-refractivity contribution in [1.82, 2.24) is 9.55 Å². The number of aromatic hydroxyl groups is 1. The summed E-state index contributed by atoms with van der Waals surface area (Å²) >= 11 is 5.87. The molecule has 120 valence electrons. The molecule has 4 nitrogen and oxygen atoms in total. The van der Waals surface area contributed by atoms with Crippen molar-refractivity contribution in [3.63, 3.8) is 0 Å². The van der Waals surface area contributed by atoms with Crippen LogP contribution in [-0.2, 0) is 6.42 Å². The van der Waals surface area contributed by atoms with E-state index in [1.165, 1.54) is 36.4 Å². The van der Waals surface area contributed by atoms with E-state index in [2.05, 4.69) is 4.98 Å². The number of nitrogens with zero attached hydrogens (tertiary/aromatic N) is 1. The lowest BCUT2D eigenvalue weighted by atomic mass is 10.1. The number of alkyl halides is 3. The molecule has 0 aliphatic carbocycles. The standard InChI is InChI=1S/C15H10ClF3N2O2/c16-9-2-4-13(22)12(6-9)21-11-3-1-8(7-15(17,18)19)5-10(11)20-14(21)23/h1-6,22H,7H2,(H,20,23). The van der Waals surface area contributed by atoms with Crippen LogP contribution in [0.25, 0.3) is 16.7 Å². The molecule has 0 unspecified atom stereocenters. The highest BCUT2D eigenvalue weighted by Crippen LogP contribution is 2.28. The molecule has 0 atom stereocenters. The van der Waals surface area contributed by atoms with Gasteiger partial charge in [0, 0.05) is 5.02 Å². The van der Waals surface area contributed by atoms with Crippen LogP contribution in [0.4, 0.5) is 13.2 Å². The quantitative estimate of drug-likeness (QED) is 0.744. The van der Waals surface area contributed by atoms with Gasteiger partial charge in [-0.25, -0.2) is 4.79 Å². The molecule has 0 radical (unpaired) electrons. The number of fused-ring (bicyclic) bond motifs is 1. The summed E-state index contributed by atoms with van der Waals surface area (Å²) in [7, 11) is 0. The van der Waals surface area contributed by atoms with E-state index in [4.69, 9.17) is 11.6 Å². The van der Waals surface area contributed by atoms with Crippen molar-refractivity contribution < 1.29 is 18.3 Å². The van der Waals surface area contributed by atoms with Gasteiger partial charge in [0.15, 0.2) is 0 Å². The smallest absolute Gasteiger partial charge is 0.393 e. The van der Waals surface area contributed by atoms with Gasteiger partial charge < -0.3 is 10.1 Å². The van der Waals surface area contributed by atoms with Crippen LogP contribution in [0.15, 0.2) is 41.2 Å². The highest BCUT2D eigenvalue weighted by Gasteiger charge is 2.27. The van der Waals surface area contributed by atoms with Crippen LogP contribution in [0.2, 0.25) is 5.02 Å². The Morgan fingerprint density at radius 1 is 1.17 bits per heavy atom. The van der Waals surface area contributed by atoms with Crippen molar-refractivity contribution in [1.29, 1.82) is 0 Å². The van der Waals surface area contributed by atoms with Crippen LogP contribution in [0.1, 0.15) is 5.56 Å². The number of aromatic amines is 1. The summed E-state index contributed by atoms with van der Waals surface area (Å²) in [6.07, 6.45) is -5.42. The van der Waals surface area contributed by atoms with Crippen molar-refractivity contribution in [2.75, 3.05) is 0 Å². The second-order valence-corrected chi connectivity index (χ2v) is 5.48. The molecule has 0 aliphatic rings. The summed E-state index contributed by atoms with van der Waals surface area (Å²) in [5, 5.41) is 10.2. The highest BCUT2D eigenvalue weighted by molar-refractivity contribution is 6.30. The molecule has 2 aromatic carbocycles. The molecule has 8 heteroatoms. The van der Waals surface area contributed by atoms with Gasteiger partial charge in [0.25, 0.3) is 0 Å². The minimum atomic E-state index is -4.33. The predicted molar refractivity (Wildman–Crippen MR) is 80.3 cm³/mol. The average molecular weight is 343 g/mol. The Labute approximate surface area is 132 Å². The van der Waals surface area contributed by atoms with Crippen LogP contribution in [-0.4, -0.2) is 20.8 Å². The maximum absolute atomic E-state index is 12.5. The lowest BCUT2D eigenvalue weighted by molar-refractivity contribution is -0.127. The molecular formula is C15H10ClF3N2O2. The average Bonchev–Trinajstić information content (AvgIpc) is 2.75. The van der Waals surface area contributed by atoms with Gasteiger partial charge in [0.05, 0.1) is 23.1 Å². The second kappa shape index (κ2) is 5.34. The summed E-state index contributed by atoms with van der Waals surface area (Å²) < 4.78 is 38.6. The Morgan fingerprint density at radius 2 is 1.91 bits per heavy atom. The Hall–Kier alpha value is -2.41. The molecule has 0 saturated heterocycles. The molecule has 0 spiro atoms. The molecule has 2 N–H and O–H groups in total. The topological polar surface area (TPSA) is 58.0 Å². The molecular weight excluding hydrogens is 333 g/mol. The maximum atomic E-state index is 12.5. The van der Waals surface area contributed by atoms with E-state index in [0.29, 0.717) is 10.5 Å². The number of imidazole rings is 1. The van der Waals surface area contributed by atoms with Crippen molar-refractivity contribution in [2.45, 2.75) is 12.6 Å². The van der Waals surface area contributed by atoms with Crippen molar-refractivity contribution in [3.8, 4) is 11.4 Å². The molecule has 0 aliphatic heterocycles. The lowest BCUT2D eigenvalue weighted by Gasteiger charge is -2.08. The number of phenolic OH excluding ortho intramolecular Hbond substituents is 1. The predicted octanol–water partition coefficient (Wildman–Crippen LogP) is 3.78. The first-order valence-corrected chi connectivity index (χ1v) is 6.92. The van der Waals surface area contributed by atoms with Crippen LogP contribution >= 0.6 is 11.6 Å². The van der Waals surface area contributed by atoms with Crippen molar-refractivity contribution in [3.05, 3.63) is 57.5 Å². The molecule has 1 heterocycles. The van der Waals surface area contributed by atoms with E-state index in [1.807, 2.05) is 0 Å². The van der Waals surface area contributed by atoms with Crippen LogP contribution < -0.4 is 5.69 Å². The third-order valence-corrected chi connectivity index (χ3v) is 3.56. The number of hydrogen-bond donors (Lipinski definition) is 2. The monoisotopic (exact) mass is 342 g/mol. The summed E-state index contributed by atoms with van der Waals surface area (Å²) in [6.45, 7) is 0. The summed E-state index contributed by atoms with van der Waals surface area (Å²) in [5.41, 5.74) is 0.197. The van der Waals surface area contributed by atoms with Gasteiger partial charge in [-0.05, 0) is 35.9 Å². The zero-order chi connectivity index (χ0) is 16.8. The number of halogens is 4. The molecule has 0 saturated carbocycles. The zero-order valence-corrected chi connectivity index (χ0v) is 12.2. The third kappa shape index (κ3) is 3.05. The van der Waals surface area contributed by atoms with Gasteiger partial charge >= 0.3 is 11.9 Å². The van der Waals surface area contributed by atoms with Crippen LogP contribution in [0.3, 0.4) is 0 Å². The maximum Gasteiger partial charge on any atom is 0.393 e. The van der Waals surface area contributed by atoms with Gasteiger partial charge in [0.1, 0.15) is 5.75 Å². The molecule has 3 aromatic rings. The van der Waals surface area contributed by atoms with E-state index in [1.54, 1.807) is 0 Å². The fraction of sp³-hybridized carbons (Fsp3) is 0.133. The summed E-state index contributed by atoms with van der Waals surface area (Å²) in [4.78, 5) is 14.6. The zero-order valence-electron chi connectivity index (χ0n) is 11.5. The summed E-state index contributed by atoms with van der Waals surface area (Å²) in [6, 6.07) is 8.15. The number of rotatable bonds is 2. The Bertz CT molecular complexity index is 944. The van der Waals surface area contributed by atoms with E-state index in [0.717, 1.165) is 4.57 Å². The fourth-order valence-corrected chi connectivity index (χ4v) is 2.58. The number of benzene rings is 2. The normalized spacial score (nSPS) is 12.0. The number of aromatic nitrogens is 2. The van der Waals surface area contributed by atoms with E-state index < -0.39 is 18.3 Å². The first kappa shape index (κ1) is 15.5. The molecule has 0 bridgehead atoms. The fourth-order valence-electron chi connectivity index (χ4n) is 2.42. The third-order valence-electron chi connectivity index (χ3n) is 3.33. The molecule has 0 amide bonds. The first-order valence-electron chi connectivity index (χ1n) is 6.54. The molecule has 1 aromatic heterocycles.